The normalized spacial score (nSPS) is 11.8. The molecular weight excluding hydrogens is 306 g/mol. The third-order valence-corrected chi connectivity index (χ3v) is 5.12. The van der Waals surface area contributed by atoms with E-state index < -0.39 is 0 Å². The number of rotatable bonds is 19. The smallest absolute Gasteiger partial charge is 0.138 e. The summed E-state index contributed by atoms with van der Waals surface area (Å²) in [5.41, 5.74) is 0. The molecule has 0 aliphatic rings. The van der Waals surface area contributed by atoms with Crippen molar-refractivity contribution in [2.75, 3.05) is 27.7 Å². The number of carbonyl (C=O) groups is 1. The van der Waals surface area contributed by atoms with Crippen LogP contribution in [0.3, 0.4) is 0 Å². The highest BCUT2D eigenvalue weighted by Gasteiger charge is 2.10. The maximum absolute atomic E-state index is 11.8. The molecule has 0 saturated heterocycles. The zero-order valence-electron chi connectivity index (χ0n) is 18.1. The van der Waals surface area contributed by atoms with Gasteiger partial charge in [-0.2, -0.15) is 0 Å². The van der Waals surface area contributed by atoms with E-state index in [1.165, 1.54) is 89.9 Å². The summed E-state index contributed by atoms with van der Waals surface area (Å²) >= 11 is 0. The lowest BCUT2D eigenvalue weighted by Gasteiger charge is -2.23. The summed E-state index contributed by atoms with van der Waals surface area (Å²) in [7, 11) is 6.46. The average Bonchev–Trinajstić information content (AvgIpc) is 2.56. The number of hydrogen-bond acceptors (Lipinski definition) is 1. The van der Waals surface area contributed by atoms with Crippen molar-refractivity contribution in [2.24, 2.45) is 0 Å². The van der Waals surface area contributed by atoms with Gasteiger partial charge in [-0.05, 0) is 6.42 Å². The van der Waals surface area contributed by atoms with Gasteiger partial charge in [0.05, 0.1) is 34.1 Å². The van der Waals surface area contributed by atoms with Gasteiger partial charge >= 0.3 is 0 Å². The fraction of sp³-hybridized carbons (Fsp3) is 0.957. The summed E-state index contributed by atoms with van der Waals surface area (Å²) in [6.45, 7) is 3.25. The molecule has 0 heterocycles. The quantitative estimate of drug-likeness (QED) is 0.182. The van der Waals surface area contributed by atoms with Crippen LogP contribution in [-0.2, 0) is 4.79 Å². The van der Waals surface area contributed by atoms with E-state index in [-0.39, 0.29) is 0 Å². The topological polar surface area (TPSA) is 17.1 Å². The first-order valence-electron chi connectivity index (χ1n) is 11.3. The summed E-state index contributed by atoms with van der Waals surface area (Å²) < 4.78 is 0.893. The van der Waals surface area contributed by atoms with E-state index >= 15 is 0 Å². The Balaban J connectivity index is 3.15. The van der Waals surface area contributed by atoms with Crippen LogP contribution in [-0.4, -0.2) is 38.0 Å². The SMILES string of the molecule is CCCCCCCCCCCCCCCCCC(=O)CC[N+](C)(C)C. The van der Waals surface area contributed by atoms with Crippen LogP contribution in [0.2, 0.25) is 0 Å². The van der Waals surface area contributed by atoms with Crippen LogP contribution in [0.5, 0.6) is 0 Å². The van der Waals surface area contributed by atoms with Crippen molar-refractivity contribution < 1.29 is 9.28 Å². The average molecular weight is 355 g/mol. The minimum atomic E-state index is 0.461. The first-order chi connectivity index (χ1) is 12.0. The zero-order chi connectivity index (χ0) is 18.8. The van der Waals surface area contributed by atoms with E-state index in [0.717, 1.165) is 30.3 Å². The molecule has 0 N–H and O–H groups in total. The monoisotopic (exact) mass is 354 g/mol. The van der Waals surface area contributed by atoms with Gasteiger partial charge in [0.15, 0.2) is 0 Å². The van der Waals surface area contributed by atoms with Crippen LogP contribution in [0.15, 0.2) is 0 Å². The van der Waals surface area contributed by atoms with Crippen LogP contribution in [0.25, 0.3) is 0 Å². The van der Waals surface area contributed by atoms with Gasteiger partial charge in [-0.25, -0.2) is 0 Å². The molecule has 0 bridgehead atoms. The highest BCUT2D eigenvalue weighted by molar-refractivity contribution is 5.78. The van der Waals surface area contributed by atoms with Gasteiger partial charge in [-0.1, -0.05) is 96.8 Å². The molecule has 25 heavy (non-hydrogen) atoms. The molecule has 0 amide bonds. The van der Waals surface area contributed by atoms with Crippen LogP contribution in [0.4, 0.5) is 0 Å². The molecule has 0 rings (SSSR count). The molecule has 0 aromatic heterocycles. The standard InChI is InChI=1S/C23H48NO/c1-5-6-7-8-9-10-11-12-13-14-15-16-17-18-19-20-23(25)21-22-24(2,3)4/h5-22H2,1-4H3/q+1. The number of quaternary nitrogens is 1. The maximum Gasteiger partial charge on any atom is 0.138 e. The summed E-state index contributed by atoms with van der Waals surface area (Å²) in [5.74, 6) is 0.461. The molecular formula is C23H48NO+. The molecule has 0 spiro atoms. The van der Waals surface area contributed by atoms with E-state index in [0.29, 0.717) is 5.78 Å². The van der Waals surface area contributed by atoms with E-state index in [2.05, 4.69) is 28.1 Å². The lowest BCUT2D eigenvalue weighted by molar-refractivity contribution is -0.869. The van der Waals surface area contributed by atoms with Crippen molar-refractivity contribution in [2.45, 2.75) is 116 Å². The van der Waals surface area contributed by atoms with E-state index in [1.807, 2.05) is 0 Å². The number of unbranched alkanes of at least 4 members (excludes halogenated alkanes) is 14. The van der Waals surface area contributed by atoms with Crippen molar-refractivity contribution in [1.82, 2.24) is 0 Å². The molecule has 0 radical (unpaired) electrons. The fourth-order valence-corrected chi connectivity index (χ4v) is 3.28. The van der Waals surface area contributed by atoms with Crippen molar-refractivity contribution in [3.63, 3.8) is 0 Å². The summed E-state index contributed by atoms with van der Waals surface area (Å²) in [5, 5.41) is 0. The Morgan fingerprint density at radius 1 is 0.560 bits per heavy atom. The van der Waals surface area contributed by atoms with Crippen molar-refractivity contribution in [1.29, 1.82) is 0 Å². The first kappa shape index (κ1) is 24.6. The molecule has 2 nitrogen and oxygen atoms in total. The van der Waals surface area contributed by atoms with Crippen molar-refractivity contribution in [3.8, 4) is 0 Å². The second-order valence-corrected chi connectivity index (χ2v) is 9.00. The van der Waals surface area contributed by atoms with Crippen molar-refractivity contribution in [3.05, 3.63) is 0 Å². The Kier molecular flexibility index (Phi) is 16.8. The van der Waals surface area contributed by atoms with Gasteiger partial charge in [0, 0.05) is 6.42 Å². The van der Waals surface area contributed by atoms with Crippen LogP contribution in [0.1, 0.15) is 116 Å². The van der Waals surface area contributed by atoms with Gasteiger partial charge < -0.3 is 4.48 Å². The summed E-state index contributed by atoms with van der Waals surface area (Å²) in [6, 6.07) is 0. The van der Waals surface area contributed by atoms with E-state index in [9.17, 15) is 4.79 Å². The predicted molar refractivity (Wildman–Crippen MR) is 112 cm³/mol. The molecule has 0 aromatic rings. The van der Waals surface area contributed by atoms with E-state index in [4.69, 9.17) is 0 Å². The van der Waals surface area contributed by atoms with Gasteiger partial charge in [-0.3, -0.25) is 4.79 Å². The maximum atomic E-state index is 11.8. The second kappa shape index (κ2) is 17.1. The largest absolute Gasteiger partial charge is 0.331 e. The van der Waals surface area contributed by atoms with Gasteiger partial charge in [0.1, 0.15) is 5.78 Å². The molecule has 2 heteroatoms. The Hall–Kier alpha value is -0.370. The molecule has 150 valence electrons. The molecule has 0 aromatic carbocycles. The minimum absolute atomic E-state index is 0.461. The van der Waals surface area contributed by atoms with Gasteiger partial charge in [0.25, 0.3) is 0 Å². The fourth-order valence-electron chi connectivity index (χ4n) is 3.28. The number of Topliss-reactive ketones (excluding diaryl/α,β-unsaturated/α-hetero) is 1. The lowest BCUT2D eigenvalue weighted by Crippen LogP contribution is -2.36. The van der Waals surface area contributed by atoms with Gasteiger partial charge in [-0.15, -0.1) is 0 Å². The number of ketones is 1. The van der Waals surface area contributed by atoms with Crippen molar-refractivity contribution >= 4 is 5.78 Å². The summed E-state index contributed by atoms with van der Waals surface area (Å²) in [6.07, 6.45) is 22.3. The Labute approximate surface area is 159 Å². The molecule has 0 aliphatic carbocycles. The number of carbonyl (C=O) groups excluding carboxylic acids is 1. The minimum Gasteiger partial charge on any atom is -0.331 e. The Bertz CT molecular complexity index is 293. The summed E-state index contributed by atoms with van der Waals surface area (Å²) in [4.78, 5) is 11.8. The number of hydrogen-bond donors (Lipinski definition) is 0. The second-order valence-electron chi connectivity index (χ2n) is 9.00. The Morgan fingerprint density at radius 3 is 1.28 bits per heavy atom. The predicted octanol–water partition coefficient (Wildman–Crippen LogP) is 6.91. The highest BCUT2D eigenvalue weighted by Crippen LogP contribution is 2.14. The molecule has 0 saturated carbocycles. The third kappa shape index (κ3) is 21.6. The third-order valence-electron chi connectivity index (χ3n) is 5.12. The van der Waals surface area contributed by atoms with E-state index in [1.54, 1.807) is 0 Å². The van der Waals surface area contributed by atoms with Crippen LogP contribution in [0, 0.1) is 0 Å². The molecule has 0 unspecified atom stereocenters. The lowest BCUT2D eigenvalue weighted by atomic mass is 10.0. The molecule has 0 aliphatic heterocycles. The molecule has 0 atom stereocenters. The number of nitrogens with zero attached hydrogens (tertiary/aromatic N) is 1. The Morgan fingerprint density at radius 2 is 0.920 bits per heavy atom. The molecule has 0 fully saturated rings. The highest BCUT2D eigenvalue weighted by atomic mass is 16.1. The first-order valence-corrected chi connectivity index (χ1v) is 11.3. The van der Waals surface area contributed by atoms with Crippen LogP contribution >= 0.6 is 0 Å². The van der Waals surface area contributed by atoms with Crippen LogP contribution < -0.4 is 0 Å². The van der Waals surface area contributed by atoms with Gasteiger partial charge in [0.2, 0.25) is 0 Å². The zero-order valence-corrected chi connectivity index (χ0v) is 18.1.